The van der Waals surface area contributed by atoms with Crippen molar-refractivity contribution in [3.05, 3.63) is 77.4 Å². The van der Waals surface area contributed by atoms with E-state index in [0.29, 0.717) is 12.1 Å². The predicted molar refractivity (Wildman–Crippen MR) is 110 cm³/mol. The highest BCUT2D eigenvalue weighted by molar-refractivity contribution is 5.94. The second-order valence-electron chi connectivity index (χ2n) is 6.95. The molecule has 0 atom stereocenters. The molecule has 0 aliphatic heterocycles. The number of nitrogens with one attached hydrogen (secondary N) is 2. The Labute approximate surface area is 163 Å². The molecular formula is C22H23N5O. The van der Waals surface area contributed by atoms with Gasteiger partial charge in [-0.25, -0.2) is 9.67 Å². The van der Waals surface area contributed by atoms with Crippen molar-refractivity contribution in [2.75, 3.05) is 6.54 Å². The molecule has 0 bridgehead atoms. The number of fused-ring (bicyclic) bond motifs is 1. The second kappa shape index (κ2) is 7.68. The molecule has 4 aromatic rings. The number of carbonyl (C=O) groups excluding carboxylic acids is 1. The number of benzene rings is 2. The maximum absolute atomic E-state index is 12.4. The van der Waals surface area contributed by atoms with E-state index < -0.39 is 0 Å². The van der Waals surface area contributed by atoms with Crippen molar-refractivity contribution < 1.29 is 4.79 Å². The Hall–Kier alpha value is -3.41. The number of H-pyrrole nitrogens is 1. The number of aromatic amines is 1. The highest BCUT2D eigenvalue weighted by Crippen LogP contribution is 2.13. The van der Waals surface area contributed by atoms with E-state index in [1.54, 1.807) is 0 Å². The quantitative estimate of drug-likeness (QED) is 0.506. The standard InChI is InChI=1S/C22H23N5O/c1-15-14-16(2)27(26-15)18-11-9-17(10-12-18)22(28)23-13-5-8-21-24-19-6-3-4-7-20(19)25-21/h3-4,6-7,9-12,14H,5,8,13H2,1-2H3,(H,23,28)(H,24,25). The van der Waals surface area contributed by atoms with Gasteiger partial charge in [-0.05, 0) is 62.7 Å². The van der Waals surface area contributed by atoms with Crippen LogP contribution in [0.5, 0.6) is 0 Å². The largest absolute Gasteiger partial charge is 0.352 e. The third kappa shape index (κ3) is 3.81. The van der Waals surface area contributed by atoms with E-state index in [1.807, 2.05) is 73.1 Å². The van der Waals surface area contributed by atoms with Crippen LogP contribution in [-0.4, -0.2) is 32.2 Å². The third-order valence-corrected chi connectivity index (χ3v) is 4.70. The van der Waals surface area contributed by atoms with Gasteiger partial charge in [-0.3, -0.25) is 4.79 Å². The summed E-state index contributed by atoms with van der Waals surface area (Å²) in [5.41, 5.74) is 5.67. The normalized spacial score (nSPS) is 11.1. The molecule has 2 N–H and O–H groups in total. The van der Waals surface area contributed by atoms with Crippen LogP contribution in [0.25, 0.3) is 16.7 Å². The van der Waals surface area contributed by atoms with Crippen LogP contribution >= 0.6 is 0 Å². The van der Waals surface area contributed by atoms with Gasteiger partial charge in [-0.2, -0.15) is 5.10 Å². The fourth-order valence-corrected chi connectivity index (χ4v) is 3.33. The van der Waals surface area contributed by atoms with Crippen LogP contribution in [0.15, 0.2) is 54.6 Å². The molecule has 4 rings (SSSR count). The van der Waals surface area contributed by atoms with E-state index in [2.05, 4.69) is 20.4 Å². The minimum absolute atomic E-state index is 0.0653. The smallest absolute Gasteiger partial charge is 0.251 e. The fraction of sp³-hybridized carbons (Fsp3) is 0.227. The molecule has 0 aliphatic rings. The first-order chi connectivity index (χ1) is 13.6. The van der Waals surface area contributed by atoms with Gasteiger partial charge in [0, 0.05) is 24.2 Å². The van der Waals surface area contributed by atoms with Crippen LogP contribution in [0.1, 0.15) is 34.0 Å². The van der Waals surface area contributed by atoms with E-state index >= 15 is 0 Å². The van der Waals surface area contributed by atoms with Gasteiger partial charge in [-0.15, -0.1) is 0 Å². The van der Waals surface area contributed by atoms with Crippen molar-refractivity contribution in [2.24, 2.45) is 0 Å². The van der Waals surface area contributed by atoms with Gasteiger partial charge in [0.1, 0.15) is 5.82 Å². The zero-order valence-corrected chi connectivity index (χ0v) is 16.1. The summed E-state index contributed by atoms with van der Waals surface area (Å²) in [6.45, 7) is 4.59. The maximum Gasteiger partial charge on any atom is 0.251 e. The molecule has 0 unspecified atom stereocenters. The summed E-state index contributed by atoms with van der Waals surface area (Å²) in [6.07, 6.45) is 1.63. The molecule has 2 aromatic carbocycles. The highest BCUT2D eigenvalue weighted by atomic mass is 16.1. The molecule has 2 heterocycles. The van der Waals surface area contributed by atoms with Crippen LogP contribution in [0.3, 0.4) is 0 Å². The number of imidazole rings is 1. The van der Waals surface area contributed by atoms with Gasteiger partial charge in [-0.1, -0.05) is 12.1 Å². The molecule has 0 spiro atoms. The Morgan fingerprint density at radius 1 is 1.11 bits per heavy atom. The van der Waals surface area contributed by atoms with E-state index in [-0.39, 0.29) is 5.91 Å². The van der Waals surface area contributed by atoms with E-state index in [4.69, 9.17) is 0 Å². The monoisotopic (exact) mass is 373 g/mol. The topological polar surface area (TPSA) is 75.6 Å². The number of aryl methyl sites for hydroxylation is 3. The molecule has 2 aromatic heterocycles. The first kappa shape index (κ1) is 18.0. The molecule has 6 heteroatoms. The molecule has 1 amide bonds. The molecular weight excluding hydrogens is 350 g/mol. The Bertz CT molecular complexity index is 1070. The lowest BCUT2D eigenvalue weighted by atomic mass is 10.2. The average molecular weight is 373 g/mol. The van der Waals surface area contributed by atoms with Crippen molar-refractivity contribution in [2.45, 2.75) is 26.7 Å². The average Bonchev–Trinajstić information content (AvgIpc) is 3.27. The number of hydrogen-bond acceptors (Lipinski definition) is 3. The number of amides is 1. The number of nitrogens with zero attached hydrogens (tertiary/aromatic N) is 3. The lowest BCUT2D eigenvalue weighted by Crippen LogP contribution is -2.24. The number of hydrogen-bond donors (Lipinski definition) is 2. The van der Waals surface area contributed by atoms with Gasteiger partial charge < -0.3 is 10.3 Å². The lowest BCUT2D eigenvalue weighted by molar-refractivity contribution is 0.0953. The van der Waals surface area contributed by atoms with Gasteiger partial charge in [0.15, 0.2) is 0 Å². The zero-order chi connectivity index (χ0) is 19.5. The van der Waals surface area contributed by atoms with E-state index in [9.17, 15) is 4.79 Å². The Morgan fingerprint density at radius 3 is 2.61 bits per heavy atom. The van der Waals surface area contributed by atoms with Gasteiger partial charge in [0.05, 0.1) is 22.4 Å². The molecule has 6 nitrogen and oxygen atoms in total. The number of rotatable bonds is 6. The number of aromatic nitrogens is 4. The third-order valence-electron chi connectivity index (χ3n) is 4.70. The van der Waals surface area contributed by atoms with Crippen LogP contribution in [0, 0.1) is 13.8 Å². The summed E-state index contributed by atoms with van der Waals surface area (Å²) in [5, 5.41) is 7.44. The maximum atomic E-state index is 12.4. The number of para-hydroxylation sites is 2. The minimum Gasteiger partial charge on any atom is -0.352 e. The Morgan fingerprint density at radius 2 is 1.89 bits per heavy atom. The van der Waals surface area contributed by atoms with Crippen molar-refractivity contribution in [1.29, 1.82) is 0 Å². The molecule has 0 radical (unpaired) electrons. The minimum atomic E-state index is -0.0653. The van der Waals surface area contributed by atoms with E-state index in [1.165, 1.54) is 0 Å². The Balaban J connectivity index is 1.30. The molecule has 0 fully saturated rings. The summed E-state index contributed by atoms with van der Waals surface area (Å²) in [5.74, 6) is 0.884. The first-order valence-corrected chi connectivity index (χ1v) is 9.46. The van der Waals surface area contributed by atoms with Crippen LogP contribution in [0.4, 0.5) is 0 Å². The van der Waals surface area contributed by atoms with Crippen molar-refractivity contribution in [3.8, 4) is 5.69 Å². The molecule has 0 saturated heterocycles. The lowest BCUT2D eigenvalue weighted by Gasteiger charge is -2.07. The van der Waals surface area contributed by atoms with Gasteiger partial charge >= 0.3 is 0 Å². The summed E-state index contributed by atoms with van der Waals surface area (Å²) in [7, 11) is 0. The summed E-state index contributed by atoms with van der Waals surface area (Å²) in [6, 6.07) is 17.5. The highest BCUT2D eigenvalue weighted by Gasteiger charge is 2.08. The van der Waals surface area contributed by atoms with E-state index in [0.717, 1.165) is 46.8 Å². The van der Waals surface area contributed by atoms with Gasteiger partial charge in [0.2, 0.25) is 0 Å². The van der Waals surface area contributed by atoms with Crippen molar-refractivity contribution in [3.63, 3.8) is 0 Å². The fourth-order valence-electron chi connectivity index (χ4n) is 3.33. The van der Waals surface area contributed by atoms with Crippen LogP contribution < -0.4 is 5.32 Å². The van der Waals surface area contributed by atoms with Crippen molar-refractivity contribution in [1.82, 2.24) is 25.1 Å². The first-order valence-electron chi connectivity index (χ1n) is 9.46. The summed E-state index contributed by atoms with van der Waals surface area (Å²) in [4.78, 5) is 20.2. The zero-order valence-electron chi connectivity index (χ0n) is 16.1. The predicted octanol–water partition coefficient (Wildman–Crippen LogP) is 3.73. The van der Waals surface area contributed by atoms with Crippen LogP contribution in [0.2, 0.25) is 0 Å². The molecule has 0 aliphatic carbocycles. The molecule has 0 saturated carbocycles. The molecule has 142 valence electrons. The summed E-state index contributed by atoms with van der Waals surface area (Å²) >= 11 is 0. The van der Waals surface area contributed by atoms with Gasteiger partial charge in [0.25, 0.3) is 5.91 Å². The second-order valence-corrected chi connectivity index (χ2v) is 6.95. The SMILES string of the molecule is Cc1cc(C)n(-c2ccc(C(=O)NCCCc3nc4ccccc4[nH]3)cc2)n1. The molecule has 28 heavy (non-hydrogen) atoms. The summed E-state index contributed by atoms with van der Waals surface area (Å²) < 4.78 is 1.88. The van der Waals surface area contributed by atoms with Crippen molar-refractivity contribution >= 4 is 16.9 Å². The number of carbonyl (C=O) groups is 1. The Kier molecular flexibility index (Phi) is 4.93. The van der Waals surface area contributed by atoms with Crippen LogP contribution in [-0.2, 0) is 6.42 Å².